The third-order valence-corrected chi connectivity index (χ3v) is 2.68. The normalized spacial score (nSPS) is 10.5. The number of amides is 1. The summed E-state index contributed by atoms with van der Waals surface area (Å²) in [6.45, 7) is 4.71. The molecular weight excluding hydrogens is 224 g/mol. The molecule has 3 nitrogen and oxygen atoms in total. The highest BCUT2D eigenvalue weighted by Gasteiger charge is 2.15. The van der Waals surface area contributed by atoms with Crippen molar-refractivity contribution in [1.29, 1.82) is 0 Å². The third-order valence-electron chi connectivity index (χ3n) is 2.68. The van der Waals surface area contributed by atoms with Gasteiger partial charge in [0.05, 0.1) is 20.6 Å². The number of quaternary nitrogens is 1. The quantitative estimate of drug-likeness (QED) is 0.694. The Bertz CT molecular complexity index is 347. The van der Waals surface area contributed by atoms with Crippen LogP contribution in [0.1, 0.15) is 13.8 Å². The maximum Gasteiger partial charge on any atom is 0.221 e. The second-order valence-corrected chi connectivity index (χ2v) is 4.23. The molecule has 0 fully saturated rings. The van der Waals surface area contributed by atoms with Gasteiger partial charge in [-0.05, 0) is 19.1 Å². The summed E-state index contributed by atoms with van der Waals surface area (Å²) in [6, 6.07) is 7.97. The fraction of sp³-hybridized carbons (Fsp3) is 0.417. The molecule has 1 N–H and O–H groups in total. The van der Waals surface area contributed by atoms with Crippen molar-refractivity contribution in [3.63, 3.8) is 0 Å². The summed E-state index contributed by atoms with van der Waals surface area (Å²) in [6.07, 6.45) is 0. The third kappa shape index (κ3) is 3.83. The lowest BCUT2D eigenvalue weighted by Gasteiger charge is -2.27. The Morgan fingerprint density at radius 2 is 1.75 bits per heavy atom. The lowest BCUT2D eigenvalue weighted by atomic mass is 10.2. The average Bonchev–Trinajstić information content (AvgIpc) is 2.18. The van der Waals surface area contributed by atoms with Gasteiger partial charge in [-0.15, -0.1) is 0 Å². The molecule has 0 aliphatic rings. The molecule has 1 aromatic rings. The lowest BCUT2D eigenvalue weighted by molar-refractivity contribution is -0.114. The van der Waals surface area contributed by atoms with Gasteiger partial charge < -0.3 is 17.7 Å². The van der Waals surface area contributed by atoms with E-state index < -0.39 is 0 Å². The minimum absolute atomic E-state index is 0. The minimum atomic E-state index is -0.0352. The Kier molecular flexibility index (Phi) is 5.48. The van der Waals surface area contributed by atoms with Crippen LogP contribution in [-0.4, -0.2) is 26.5 Å². The molecule has 4 heteroatoms. The zero-order valence-electron chi connectivity index (χ0n) is 10.2. The average molecular weight is 243 g/mol. The van der Waals surface area contributed by atoms with Gasteiger partial charge in [-0.1, -0.05) is 0 Å². The molecule has 1 amide bonds. The van der Waals surface area contributed by atoms with Crippen molar-refractivity contribution in [2.75, 3.05) is 26.0 Å². The summed E-state index contributed by atoms with van der Waals surface area (Å²) >= 11 is 0. The summed E-state index contributed by atoms with van der Waals surface area (Å²) in [5, 5.41) is 2.76. The van der Waals surface area contributed by atoms with Gasteiger partial charge in [-0.25, -0.2) is 0 Å². The van der Waals surface area contributed by atoms with E-state index in [0.717, 1.165) is 16.7 Å². The van der Waals surface area contributed by atoms with Crippen LogP contribution in [0, 0.1) is 0 Å². The van der Waals surface area contributed by atoms with Crippen LogP contribution in [0.2, 0.25) is 0 Å². The first-order valence-corrected chi connectivity index (χ1v) is 5.17. The number of anilines is 1. The van der Waals surface area contributed by atoms with Crippen molar-refractivity contribution in [2.45, 2.75) is 13.8 Å². The predicted octanol–water partition coefficient (Wildman–Crippen LogP) is -0.764. The first kappa shape index (κ1) is 14.9. The summed E-state index contributed by atoms with van der Waals surface area (Å²) in [7, 11) is 4.32. The van der Waals surface area contributed by atoms with E-state index in [1.165, 1.54) is 12.6 Å². The van der Waals surface area contributed by atoms with E-state index in [1.54, 1.807) is 0 Å². The summed E-state index contributed by atoms with van der Waals surface area (Å²) in [4.78, 5) is 10.8. The van der Waals surface area contributed by atoms with Gasteiger partial charge in [-0.2, -0.15) is 0 Å². The first-order valence-electron chi connectivity index (χ1n) is 5.17. The molecular formula is C12H19ClN2O. The molecule has 90 valence electrons. The number of rotatable bonds is 3. The van der Waals surface area contributed by atoms with E-state index in [1.807, 2.05) is 12.1 Å². The van der Waals surface area contributed by atoms with Crippen molar-refractivity contribution in [1.82, 2.24) is 4.48 Å². The highest BCUT2D eigenvalue weighted by atomic mass is 35.5. The van der Waals surface area contributed by atoms with Crippen molar-refractivity contribution >= 4 is 17.3 Å². The molecule has 0 bridgehead atoms. The van der Waals surface area contributed by atoms with Crippen molar-refractivity contribution in [3.8, 4) is 0 Å². The molecule has 0 unspecified atom stereocenters. The van der Waals surface area contributed by atoms with Crippen molar-refractivity contribution in [3.05, 3.63) is 24.3 Å². The molecule has 0 aliphatic carbocycles. The molecule has 0 spiro atoms. The van der Waals surface area contributed by atoms with Crippen LogP contribution in [0.25, 0.3) is 0 Å². The number of halogens is 1. The van der Waals surface area contributed by atoms with Crippen LogP contribution in [0.4, 0.5) is 11.4 Å². The Morgan fingerprint density at radius 3 is 2.12 bits per heavy atom. The molecule has 0 saturated heterocycles. The Hall–Kier alpha value is -1.06. The maximum atomic E-state index is 10.8. The van der Waals surface area contributed by atoms with Gasteiger partial charge >= 0.3 is 0 Å². The number of carbonyl (C=O) groups excluding carboxylic acids is 1. The van der Waals surface area contributed by atoms with Crippen molar-refractivity contribution < 1.29 is 17.2 Å². The topological polar surface area (TPSA) is 29.1 Å². The summed E-state index contributed by atoms with van der Waals surface area (Å²) in [5.41, 5.74) is 2.09. The molecule has 16 heavy (non-hydrogen) atoms. The van der Waals surface area contributed by atoms with Crippen molar-refractivity contribution in [2.24, 2.45) is 0 Å². The molecule has 0 aromatic heterocycles. The monoisotopic (exact) mass is 242 g/mol. The summed E-state index contributed by atoms with van der Waals surface area (Å²) < 4.78 is 0.848. The Morgan fingerprint density at radius 1 is 1.25 bits per heavy atom. The van der Waals surface area contributed by atoms with Crippen LogP contribution >= 0.6 is 0 Å². The largest absolute Gasteiger partial charge is 1.00 e. The van der Waals surface area contributed by atoms with Gasteiger partial charge in [0.2, 0.25) is 5.91 Å². The second kappa shape index (κ2) is 5.87. The smallest absolute Gasteiger partial charge is 0.221 e. The standard InChI is InChI=1S/C12H18N2O.ClH/c1-5-14(3,4)12-8-6-11(7-9-12)13-10(2)15;/h6-9H,5H2,1-4H3;1H. The SMILES string of the molecule is CC[N+](C)(C)c1ccc(NC(C)=O)cc1.[Cl-]. The Labute approximate surface area is 103 Å². The lowest BCUT2D eigenvalue weighted by Crippen LogP contribution is -3.00. The number of hydrogen-bond donors (Lipinski definition) is 1. The molecule has 0 heterocycles. The number of nitrogens with one attached hydrogen (secondary N) is 1. The molecule has 0 atom stereocenters. The van der Waals surface area contributed by atoms with Gasteiger partial charge in [-0.3, -0.25) is 9.28 Å². The second-order valence-electron chi connectivity index (χ2n) is 4.23. The summed E-state index contributed by atoms with van der Waals surface area (Å²) in [5.74, 6) is -0.0352. The number of nitrogens with zero attached hydrogens (tertiary/aromatic N) is 1. The van der Waals surface area contributed by atoms with E-state index in [-0.39, 0.29) is 18.3 Å². The molecule has 0 saturated carbocycles. The number of hydrogen-bond acceptors (Lipinski definition) is 1. The minimum Gasteiger partial charge on any atom is -1.00 e. The predicted molar refractivity (Wildman–Crippen MR) is 64.9 cm³/mol. The zero-order chi connectivity index (χ0) is 11.5. The van der Waals surface area contributed by atoms with Gasteiger partial charge in [0.25, 0.3) is 0 Å². The number of benzene rings is 1. The first-order chi connectivity index (χ1) is 6.95. The zero-order valence-corrected chi connectivity index (χ0v) is 11.0. The van der Waals surface area contributed by atoms with E-state index >= 15 is 0 Å². The molecule has 0 radical (unpaired) electrons. The van der Waals surface area contributed by atoms with Crippen LogP contribution in [-0.2, 0) is 4.79 Å². The maximum absolute atomic E-state index is 10.8. The van der Waals surface area contributed by atoms with Crippen LogP contribution < -0.4 is 22.2 Å². The Balaban J connectivity index is 0.00000225. The van der Waals surface area contributed by atoms with E-state index in [0.29, 0.717) is 0 Å². The molecule has 1 aromatic carbocycles. The van der Waals surface area contributed by atoms with Crippen LogP contribution in [0.3, 0.4) is 0 Å². The van der Waals surface area contributed by atoms with Gasteiger partial charge in [0.1, 0.15) is 5.69 Å². The van der Waals surface area contributed by atoms with Crippen LogP contribution in [0.5, 0.6) is 0 Å². The molecule has 0 aliphatic heterocycles. The fourth-order valence-corrected chi connectivity index (χ4v) is 1.33. The van der Waals surface area contributed by atoms with Crippen LogP contribution in [0.15, 0.2) is 24.3 Å². The van der Waals surface area contributed by atoms with Gasteiger partial charge in [0, 0.05) is 24.7 Å². The van der Waals surface area contributed by atoms with E-state index in [4.69, 9.17) is 0 Å². The number of carbonyl (C=O) groups is 1. The highest BCUT2D eigenvalue weighted by molar-refractivity contribution is 5.88. The van der Waals surface area contributed by atoms with E-state index in [2.05, 4.69) is 38.5 Å². The van der Waals surface area contributed by atoms with Gasteiger partial charge in [0.15, 0.2) is 0 Å². The highest BCUT2D eigenvalue weighted by Crippen LogP contribution is 2.20. The molecule has 1 rings (SSSR count). The fourth-order valence-electron chi connectivity index (χ4n) is 1.33. The van der Waals surface area contributed by atoms with E-state index in [9.17, 15) is 4.79 Å².